The number of aliphatic hydroxyl groups is 1. The van der Waals surface area contributed by atoms with Crippen molar-refractivity contribution in [2.45, 2.75) is 26.5 Å². The molecule has 1 unspecified atom stereocenters. The van der Waals surface area contributed by atoms with E-state index >= 15 is 0 Å². The van der Waals surface area contributed by atoms with Gasteiger partial charge in [-0.05, 0) is 20.9 Å². The standard InChI is InChI=1S/C9H16N2O2/c1-7-4-9(13-10-7)6-11(3)5-8(2)12/h4,8,12H,5-6H2,1-3H3. The zero-order valence-corrected chi connectivity index (χ0v) is 8.32. The van der Waals surface area contributed by atoms with Crippen molar-refractivity contribution in [3.05, 3.63) is 17.5 Å². The van der Waals surface area contributed by atoms with Crippen LogP contribution in [0.4, 0.5) is 0 Å². The van der Waals surface area contributed by atoms with Crippen molar-refractivity contribution in [3.63, 3.8) is 0 Å². The van der Waals surface area contributed by atoms with Crippen LogP contribution in [0, 0.1) is 6.92 Å². The number of likely N-dealkylation sites (N-methyl/N-ethyl adjacent to an activating group) is 1. The zero-order chi connectivity index (χ0) is 9.84. The van der Waals surface area contributed by atoms with Crippen LogP contribution < -0.4 is 0 Å². The predicted molar refractivity (Wildman–Crippen MR) is 49.3 cm³/mol. The number of aromatic nitrogens is 1. The molecule has 0 fully saturated rings. The van der Waals surface area contributed by atoms with Gasteiger partial charge in [-0.25, -0.2) is 0 Å². The minimum absolute atomic E-state index is 0.311. The van der Waals surface area contributed by atoms with Gasteiger partial charge >= 0.3 is 0 Å². The second-order valence-electron chi connectivity index (χ2n) is 3.48. The van der Waals surface area contributed by atoms with Crippen molar-refractivity contribution >= 4 is 0 Å². The molecule has 0 spiro atoms. The van der Waals surface area contributed by atoms with Crippen LogP contribution in [0.3, 0.4) is 0 Å². The number of hydrogen-bond donors (Lipinski definition) is 1. The van der Waals surface area contributed by atoms with E-state index in [2.05, 4.69) is 5.16 Å². The van der Waals surface area contributed by atoms with E-state index in [-0.39, 0.29) is 6.10 Å². The highest BCUT2D eigenvalue weighted by Gasteiger charge is 2.06. The van der Waals surface area contributed by atoms with E-state index in [1.54, 1.807) is 6.92 Å². The zero-order valence-electron chi connectivity index (χ0n) is 8.32. The Morgan fingerprint density at radius 3 is 2.85 bits per heavy atom. The van der Waals surface area contributed by atoms with Gasteiger partial charge in [-0.15, -0.1) is 0 Å². The van der Waals surface area contributed by atoms with Crippen LogP contribution in [-0.4, -0.2) is 34.9 Å². The van der Waals surface area contributed by atoms with E-state index in [4.69, 9.17) is 9.63 Å². The van der Waals surface area contributed by atoms with Crippen LogP contribution in [0.15, 0.2) is 10.6 Å². The summed E-state index contributed by atoms with van der Waals surface area (Å²) in [4.78, 5) is 1.99. The smallest absolute Gasteiger partial charge is 0.150 e. The molecule has 0 aliphatic carbocycles. The molecule has 0 saturated heterocycles. The Hall–Kier alpha value is -0.870. The molecule has 1 heterocycles. The summed E-state index contributed by atoms with van der Waals surface area (Å²) in [6, 6.07) is 1.90. The minimum atomic E-state index is -0.311. The van der Waals surface area contributed by atoms with Crippen molar-refractivity contribution in [1.82, 2.24) is 10.1 Å². The van der Waals surface area contributed by atoms with Crippen LogP contribution in [-0.2, 0) is 6.54 Å². The third-order valence-electron chi connectivity index (χ3n) is 1.68. The Morgan fingerprint density at radius 2 is 2.38 bits per heavy atom. The van der Waals surface area contributed by atoms with Gasteiger partial charge < -0.3 is 9.63 Å². The monoisotopic (exact) mass is 184 g/mol. The predicted octanol–water partition coefficient (Wildman–Crippen LogP) is 0.796. The number of rotatable bonds is 4. The van der Waals surface area contributed by atoms with Gasteiger partial charge in [-0.2, -0.15) is 0 Å². The molecule has 1 aromatic rings. The van der Waals surface area contributed by atoms with Gasteiger partial charge in [0.2, 0.25) is 0 Å². The van der Waals surface area contributed by atoms with E-state index in [0.29, 0.717) is 13.1 Å². The topological polar surface area (TPSA) is 49.5 Å². The summed E-state index contributed by atoms with van der Waals surface area (Å²) in [5.74, 6) is 0.834. The van der Waals surface area contributed by atoms with Crippen LogP contribution in [0.1, 0.15) is 18.4 Å². The number of nitrogens with zero attached hydrogens (tertiary/aromatic N) is 2. The van der Waals surface area contributed by atoms with Crippen molar-refractivity contribution in [3.8, 4) is 0 Å². The fourth-order valence-electron chi connectivity index (χ4n) is 1.27. The Kier molecular flexibility index (Phi) is 3.45. The van der Waals surface area contributed by atoms with E-state index in [1.807, 2.05) is 24.9 Å². The quantitative estimate of drug-likeness (QED) is 0.751. The van der Waals surface area contributed by atoms with Crippen LogP contribution in [0.2, 0.25) is 0 Å². The molecule has 0 bridgehead atoms. The number of aryl methyl sites for hydroxylation is 1. The average molecular weight is 184 g/mol. The van der Waals surface area contributed by atoms with Crippen LogP contribution in [0.5, 0.6) is 0 Å². The van der Waals surface area contributed by atoms with Gasteiger partial charge in [-0.3, -0.25) is 4.90 Å². The molecule has 0 aromatic carbocycles. The first-order chi connectivity index (χ1) is 6.08. The van der Waals surface area contributed by atoms with Crippen LogP contribution in [0.25, 0.3) is 0 Å². The first kappa shape index (κ1) is 10.2. The molecule has 1 atom stereocenters. The lowest BCUT2D eigenvalue weighted by molar-refractivity contribution is 0.132. The van der Waals surface area contributed by atoms with Gasteiger partial charge in [-0.1, -0.05) is 5.16 Å². The molecular weight excluding hydrogens is 168 g/mol. The van der Waals surface area contributed by atoms with Gasteiger partial charge in [0.15, 0.2) is 5.76 Å². The molecule has 0 saturated carbocycles. The molecule has 4 nitrogen and oxygen atoms in total. The highest BCUT2D eigenvalue weighted by Crippen LogP contribution is 2.05. The summed E-state index contributed by atoms with van der Waals surface area (Å²) in [5.41, 5.74) is 0.889. The molecule has 1 N–H and O–H groups in total. The third-order valence-corrected chi connectivity index (χ3v) is 1.68. The van der Waals surface area contributed by atoms with E-state index in [0.717, 1.165) is 11.5 Å². The summed E-state index contributed by atoms with van der Waals surface area (Å²) in [5, 5.41) is 12.9. The maximum absolute atomic E-state index is 9.12. The van der Waals surface area contributed by atoms with Gasteiger partial charge in [0.05, 0.1) is 18.3 Å². The molecule has 74 valence electrons. The van der Waals surface area contributed by atoms with E-state index in [9.17, 15) is 0 Å². The Bertz CT molecular complexity index is 258. The van der Waals surface area contributed by atoms with Crippen molar-refractivity contribution < 1.29 is 9.63 Å². The summed E-state index contributed by atoms with van der Waals surface area (Å²) < 4.78 is 5.04. The first-order valence-corrected chi connectivity index (χ1v) is 4.36. The van der Waals surface area contributed by atoms with Crippen molar-refractivity contribution in [1.29, 1.82) is 0 Å². The molecular formula is C9H16N2O2. The Labute approximate surface area is 78.1 Å². The number of hydrogen-bond acceptors (Lipinski definition) is 4. The molecule has 0 aliphatic rings. The van der Waals surface area contributed by atoms with Gasteiger partial charge in [0.1, 0.15) is 0 Å². The maximum Gasteiger partial charge on any atom is 0.150 e. The molecule has 0 radical (unpaired) electrons. The lowest BCUT2D eigenvalue weighted by Gasteiger charge is -2.15. The molecule has 0 aliphatic heterocycles. The molecule has 1 aromatic heterocycles. The second kappa shape index (κ2) is 4.39. The molecule has 0 amide bonds. The highest BCUT2D eigenvalue weighted by atomic mass is 16.5. The lowest BCUT2D eigenvalue weighted by Crippen LogP contribution is -2.26. The van der Waals surface area contributed by atoms with E-state index in [1.165, 1.54) is 0 Å². The fraction of sp³-hybridized carbons (Fsp3) is 0.667. The fourth-order valence-corrected chi connectivity index (χ4v) is 1.27. The summed E-state index contributed by atoms with van der Waals surface area (Å²) >= 11 is 0. The molecule has 1 rings (SSSR count). The molecule has 13 heavy (non-hydrogen) atoms. The first-order valence-electron chi connectivity index (χ1n) is 4.36. The van der Waals surface area contributed by atoms with Crippen LogP contribution >= 0.6 is 0 Å². The Balaban J connectivity index is 2.40. The average Bonchev–Trinajstić information content (AvgIpc) is 2.33. The normalized spacial score (nSPS) is 13.6. The largest absolute Gasteiger partial charge is 0.392 e. The summed E-state index contributed by atoms with van der Waals surface area (Å²) in [6.45, 7) is 4.98. The van der Waals surface area contributed by atoms with Crippen molar-refractivity contribution in [2.24, 2.45) is 0 Å². The highest BCUT2D eigenvalue weighted by molar-refractivity contribution is 5.02. The second-order valence-corrected chi connectivity index (χ2v) is 3.48. The molecule has 4 heteroatoms. The lowest BCUT2D eigenvalue weighted by atomic mass is 10.3. The van der Waals surface area contributed by atoms with Crippen molar-refractivity contribution in [2.75, 3.05) is 13.6 Å². The third kappa shape index (κ3) is 3.57. The SMILES string of the molecule is Cc1cc(CN(C)CC(C)O)on1. The summed E-state index contributed by atoms with van der Waals surface area (Å²) in [7, 11) is 1.94. The number of aliphatic hydroxyl groups excluding tert-OH is 1. The maximum atomic E-state index is 9.12. The van der Waals surface area contributed by atoms with E-state index < -0.39 is 0 Å². The summed E-state index contributed by atoms with van der Waals surface area (Å²) in [6.07, 6.45) is -0.311. The minimum Gasteiger partial charge on any atom is -0.392 e. The Morgan fingerprint density at radius 1 is 1.69 bits per heavy atom. The van der Waals surface area contributed by atoms with Gasteiger partial charge in [0.25, 0.3) is 0 Å². The van der Waals surface area contributed by atoms with Gasteiger partial charge in [0, 0.05) is 12.6 Å².